The molecule has 1 aromatic rings. The number of aromatic nitrogens is 2. The number of nitrogens with one attached hydrogen (secondary N) is 1. The van der Waals surface area contributed by atoms with Crippen molar-refractivity contribution in [3.8, 4) is 0 Å². The number of aryl methyl sites for hydroxylation is 1. The molecule has 1 amide bonds. The van der Waals surface area contributed by atoms with Gasteiger partial charge in [0.25, 0.3) is 5.56 Å². The van der Waals surface area contributed by atoms with Crippen LogP contribution in [0, 0.1) is 0 Å². The zero-order valence-corrected chi connectivity index (χ0v) is 12.9. The molecular formula is C12H17BrN4O3. The van der Waals surface area contributed by atoms with E-state index in [0.717, 1.165) is 0 Å². The molecular weight excluding hydrogens is 328 g/mol. The second kappa shape index (κ2) is 6.85. The molecule has 0 atom stereocenters. The van der Waals surface area contributed by atoms with Crippen molar-refractivity contribution in [2.45, 2.75) is 6.42 Å². The molecule has 8 heteroatoms. The minimum absolute atomic E-state index is 0.0914. The second-order valence-corrected chi connectivity index (χ2v) is 5.26. The summed E-state index contributed by atoms with van der Waals surface area (Å²) in [5.74, 6) is 0.0914. The van der Waals surface area contributed by atoms with Crippen LogP contribution in [0.25, 0.3) is 0 Å². The van der Waals surface area contributed by atoms with E-state index in [2.05, 4.69) is 26.3 Å². The molecule has 110 valence electrons. The van der Waals surface area contributed by atoms with Crippen LogP contribution in [0.4, 0.5) is 5.69 Å². The number of hydrogen-bond donors (Lipinski definition) is 1. The lowest BCUT2D eigenvalue weighted by Gasteiger charge is -2.26. The van der Waals surface area contributed by atoms with Gasteiger partial charge in [0.1, 0.15) is 4.47 Å². The van der Waals surface area contributed by atoms with Crippen molar-refractivity contribution in [2.75, 3.05) is 38.2 Å². The van der Waals surface area contributed by atoms with E-state index >= 15 is 0 Å². The standard InChI is InChI=1S/C12H17BrN4O3/c1-16-12(19)11(13)9(8-15-16)14-3-2-10(18)17-4-6-20-7-5-17/h8,14H,2-7H2,1H3. The number of halogens is 1. The van der Waals surface area contributed by atoms with Crippen LogP contribution >= 0.6 is 15.9 Å². The molecule has 0 bridgehead atoms. The predicted molar refractivity (Wildman–Crippen MR) is 77.7 cm³/mol. The van der Waals surface area contributed by atoms with E-state index in [1.807, 2.05) is 0 Å². The van der Waals surface area contributed by atoms with Gasteiger partial charge in [-0.3, -0.25) is 9.59 Å². The zero-order valence-electron chi connectivity index (χ0n) is 11.3. The van der Waals surface area contributed by atoms with Crippen LogP contribution in [0.2, 0.25) is 0 Å². The summed E-state index contributed by atoms with van der Waals surface area (Å²) in [5.41, 5.74) is 0.386. The summed E-state index contributed by atoms with van der Waals surface area (Å²) in [7, 11) is 1.58. The van der Waals surface area contributed by atoms with Crippen molar-refractivity contribution in [3.63, 3.8) is 0 Å². The monoisotopic (exact) mass is 344 g/mol. The Morgan fingerprint density at radius 1 is 1.50 bits per heavy atom. The van der Waals surface area contributed by atoms with Gasteiger partial charge >= 0.3 is 0 Å². The molecule has 1 fully saturated rings. The Bertz CT molecular complexity index is 540. The number of anilines is 1. The molecule has 0 spiro atoms. The Kier molecular flexibility index (Phi) is 5.13. The van der Waals surface area contributed by atoms with Gasteiger partial charge in [0, 0.05) is 33.1 Å². The number of carbonyl (C=O) groups excluding carboxylic acids is 1. The third kappa shape index (κ3) is 3.57. The number of carbonyl (C=O) groups is 1. The number of nitrogens with zero attached hydrogens (tertiary/aromatic N) is 3. The topological polar surface area (TPSA) is 76.5 Å². The highest BCUT2D eigenvalue weighted by Crippen LogP contribution is 2.15. The highest BCUT2D eigenvalue weighted by molar-refractivity contribution is 9.10. The van der Waals surface area contributed by atoms with Crippen molar-refractivity contribution in [3.05, 3.63) is 21.0 Å². The van der Waals surface area contributed by atoms with Gasteiger partial charge in [-0.15, -0.1) is 0 Å². The van der Waals surface area contributed by atoms with Crippen molar-refractivity contribution in [1.82, 2.24) is 14.7 Å². The lowest BCUT2D eigenvalue weighted by Crippen LogP contribution is -2.41. The van der Waals surface area contributed by atoms with E-state index in [-0.39, 0.29) is 11.5 Å². The summed E-state index contributed by atoms with van der Waals surface area (Å²) in [6, 6.07) is 0. The Balaban J connectivity index is 1.85. The van der Waals surface area contributed by atoms with Crippen molar-refractivity contribution >= 4 is 27.5 Å². The van der Waals surface area contributed by atoms with E-state index in [1.54, 1.807) is 18.1 Å². The minimum Gasteiger partial charge on any atom is -0.382 e. The molecule has 1 aliphatic rings. The Morgan fingerprint density at radius 3 is 2.90 bits per heavy atom. The maximum atomic E-state index is 11.9. The fourth-order valence-corrected chi connectivity index (χ4v) is 2.41. The van der Waals surface area contributed by atoms with Gasteiger partial charge in [-0.05, 0) is 15.9 Å². The molecule has 20 heavy (non-hydrogen) atoms. The van der Waals surface area contributed by atoms with Crippen LogP contribution in [0.5, 0.6) is 0 Å². The molecule has 0 saturated carbocycles. The van der Waals surface area contributed by atoms with Crippen LogP contribution in [0.15, 0.2) is 15.5 Å². The van der Waals surface area contributed by atoms with Gasteiger partial charge in [0.05, 0.1) is 25.1 Å². The molecule has 0 unspecified atom stereocenters. The molecule has 0 aromatic carbocycles. The number of amides is 1. The van der Waals surface area contributed by atoms with Gasteiger partial charge in [-0.1, -0.05) is 0 Å². The van der Waals surface area contributed by atoms with Crippen molar-refractivity contribution < 1.29 is 9.53 Å². The summed E-state index contributed by atoms with van der Waals surface area (Å²) < 4.78 is 6.87. The second-order valence-electron chi connectivity index (χ2n) is 4.47. The first kappa shape index (κ1) is 15.0. The normalized spacial score (nSPS) is 15.2. The first-order chi connectivity index (χ1) is 9.59. The zero-order chi connectivity index (χ0) is 14.5. The average Bonchev–Trinajstić information content (AvgIpc) is 2.48. The Labute approximate surface area is 125 Å². The largest absolute Gasteiger partial charge is 0.382 e. The molecule has 7 nitrogen and oxygen atoms in total. The van der Waals surface area contributed by atoms with Crippen LogP contribution in [0.3, 0.4) is 0 Å². The van der Waals surface area contributed by atoms with E-state index in [4.69, 9.17) is 4.74 Å². The molecule has 2 rings (SSSR count). The summed E-state index contributed by atoms with van der Waals surface area (Å²) >= 11 is 3.23. The minimum atomic E-state index is -0.213. The van der Waals surface area contributed by atoms with Crippen LogP contribution in [0.1, 0.15) is 6.42 Å². The fraction of sp³-hybridized carbons (Fsp3) is 0.583. The fourth-order valence-electron chi connectivity index (χ4n) is 1.91. The van der Waals surface area contributed by atoms with Gasteiger partial charge in [-0.25, -0.2) is 4.68 Å². The summed E-state index contributed by atoms with van der Waals surface area (Å²) in [6.07, 6.45) is 1.94. The van der Waals surface area contributed by atoms with E-state index < -0.39 is 0 Å². The first-order valence-electron chi connectivity index (χ1n) is 6.41. The molecule has 1 N–H and O–H groups in total. The van der Waals surface area contributed by atoms with E-state index in [0.29, 0.717) is 49.4 Å². The van der Waals surface area contributed by atoms with E-state index in [9.17, 15) is 9.59 Å². The average molecular weight is 345 g/mol. The van der Waals surface area contributed by atoms with Crippen LogP contribution in [-0.4, -0.2) is 53.4 Å². The van der Waals surface area contributed by atoms with Crippen molar-refractivity contribution in [2.24, 2.45) is 7.05 Å². The molecule has 1 saturated heterocycles. The number of morpholine rings is 1. The molecule has 1 aliphatic heterocycles. The maximum Gasteiger partial charge on any atom is 0.282 e. The number of ether oxygens (including phenoxy) is 1. The highest BCUT2D eigenvalue weighted by Gasteiger charge is 2.16. The van der Waals surface area contributed by atoms with E-state index in [1.165, 1.54) is 4.68 Å². The summed E-state index contributed by atoms with van der Waals surface area (Å²) in [4.78, 5) is 25.4. The first-order valence-corrected chi connectivity index (χ1v) is 7.20. The third-order valence-corrected chi connectivity index (χ3v) is 3.86. The van der Waals surface area contributed by atoms with Crippen molar-refractivity contribution in [1.29, 1.82) is 0 Å². The molecule has 0 radical (unpaired) electrons. The van der Waals surface area contributed by atoms with Gasteiger partial charge in [0.15, 0.2) is 0 Å². The predicted octanol–water partition coefficient (Wildman–Crippen LogP) is 0.204. The molecule has 1 aromatic heterocycles. The van der Waals surface area contributed by atoms with Gasteiger partial charge in [0.2, 0.25) is 5.91 Å². The number of hydrogen-bond acceptors (Lipinski definition) is 5. The van der Waals surface area contributed by atoms with Crippen LogP contribution in [-0.2, 0) is 16.6 Å². The van der Waals surface area contributed by atoms with Gasteiger partial charge < -0.3 is 15.0 Å². The summed E-state index contributed by atoms with van der Waals surface area (Å²) in [5, 5.41) is 6.98. The number of rotatable bonds is 4. The maximum absolute atomic E-state index is 11.9. The summed E-state index contributed by atoms with van der Waals surface area (Å²) in [6.45, 7) is 2.96. The highest BCUT2D eigenvalue weighted by atomic mass is 79.9. The lowest BCUT2D eigenvalue weighted by molar-refractivity contribution is -0.134. The quantitative estimate of drug-likeness (QED) is 0.844. The SMILES string of the molecule is Cn1ncc(NCCC(=O)N2CCOCC2)c(Br)c1=O. The third-order valence-electron chi connectivity index (χ3n) is 3.10. The smallest absolute Gasteiger partial charge is 0.282 e. The molecule has 2 heterocycles. The lowest BCUT2D eigenvalue weighted by atomic mass is 10.3. The van der Waals surface area contributed by atoms with Gasteiger partial charge in [-0.2, -0.15) is 5.10 Å². The Morgan fingerprint density at radius 2 is 2.20 bits per heavy atom. The van der Waals surface area contributed by atoms with Crippen LogP contribution < -0.4 is 10.9 Å². The Hall–Kier alpha value is -1.41. The molecule has 0 aliphatic carbocycles.